The highest BCUT2D eigenvalue weighted by molar-refractivity contribution is 7.90. The number of aromatic nitrogens is 2. The molecule has 0 spiro atoms. The van der Waals surface area contributed by atoms with Gasteiger partial charge in [0.2, 0.25) is 0 Å². The van der Waals surface area contributed by atoms with Crippen molar-refractivity contribution in [2.24, 2.45) is 11.0 Å². The lowest BCUT2D eigenvalue weighted by Gasteiger charge is -2.14. The Balaban J connectivity index is 1.42. The van der Waals surface area contributed by atoms with Gasteiger partial charge in [0, 0.05) is 29.7 Å². The maximum Gasteiger partial charge on any atom is 0.273 e. The van der Waals surface area contributed by atoms with Gasteiger partial charge >= 0.3 is 0 Å². The van der Waals surface area contributed by atoms with E-state index in [1.807, 2.05) is 0 Å². The third kappa shape index (κ3) is 4.54. The number of rotatable bonds is 6. The molecule has 0 radical (unpaired) electrons. The van der Waals surface area contributed by atoms with Crippen LogP contribution in [-0.2, 0) is 15.6 Å². The summed E-state index contributed by atoms with van der Waals surface area (Å²) in [6.45, 7) is 0.0734. The average molecular weight is 450 g/mol. The molecule has 1 N–H and O–H groups in total. The van der Waals surface area contributed by atoms with Crippen LogP contribution >= 0.6 is 0 Å². The molecule has 0 fully saturated rings. The molecule has 2 heterocycles. The molecule has 4 rings (SSSR count). The van der Waals surface area contributed by atoms with Crippen LogP contribution in [0.15, 0.2) is 77.0 Å². The van der Waals surface area contributed by atoms with Gasteiger partial charge in [-0.15, -0.1) is 0 Å². The fourth-order valence-corrected chi connectivity index (χ4v) is 4.39. The summed E-state index contributed by atoms with van der Waals surface area (Å²) in [6.07, 6.45) is 4.34. The van der Waals surface area contributed by atoms with E-state index in [0.717, 1.165) is 0 Å². The molecule has 0 saturated carbocycles. The number of hydrogen-bond acceptors (Lipinski definition) is 8. The highest BCUT2D eigenvalue weighted by Crippen LogP contribution is 2.21. The number of nitrogens with zero attached hydrogens (tertiary/aromatic N) is 4. The summed E-state index contributed by atoms with van der Waals surface area (Å²) >= 11 is 0. The molecule has 32 heavy (non-hydrogen) atoms. The van der Waals surface area contributed by atoms with Crippen molar-refractivity contribution in [1.82, 2.24) is 15.0 Å². The Bertz CT molecular complexity index is 1270. The fourth-order valence-electron chi connectivity index (χ4n) is 3.18. The lowest BCUT2D eigenvalue weighted by molar-refractivity contribution is 0.0757. The number of hydrogen-bond donors (Lipinski definition) is 1. The molecule has 162 valence electrons. The van der Waals surface area contributed by atoms with Gasteiger partial charge in [-0.25, -0.2) is 23.4 Å². The third-order valence-corrected chi connectivity index (χ3v) is 6.51. The predicted molar refractivity (Wildman–Crippen MR) is 115 cm³/mol. The fraction of sp³-hybridized carbons (Fsp3) is 0.136. The number of Topliss-reactive ketones (excluding diaryl/α,β-unsaturated/α-hetero) is 1. The Morgan fingerprint density at radius 3 is 2.25 bits per heavy atom. The molecule has 0 bridgehead atoms. The summed E-state index contributed by atoms with van der Waals surface area (Å²) in [6, 6.07) is 13.0. The monoisotopic (exact) mass is 450 g/mol. The Morgan fingerprint density at radius 2 is 1.59 bits per heavy atom. The van der Waals surface area contributed by atoms with Gasteiger partial charge in [-0.05, 0) is 42.5 Å². The van der Waals surface area contributed by atoms with E-state index in [4.69, 9.17) is 0 Å². The standard InChI is InChI=1S/C22H18N4O5S/c27-18-6-2-16(3-7-18)22(29)26-13-17(12-25-26)21(28)15-4-8-19(9-5-15)32(30,31)14-20-23-10-1-11-24-20/h1-12,17,27H,13-14H2. The zero-order chi connectivity index (χ0) is 22.7. The number of benzene rings is 2. The molecule has 2 aromatic carbocycles. The minimum absolute atomic E-state index is 0.0429. The number of ketones is 1. The molecular weight excluding hydrogens is 432 g/mol. The van der Waals surface area contributed by atoms with E-state index in [0.29, 0.717) is 11.1 Å². The van der Waals surface area contributed by atoms with E-state index < -0.39 is 15.8 Å². The first-order valence-electron chi connectivity index (χ1n) is 9.61. The van der Waals surface area contributed by atoms with E-state index in [1.165, 1.54) is 72.1 Å². The van der Waals surface area contributed by atoms with E-state index in [-0.39, 0.29) is 40.5 Å². The van der Waals surface area contributed by atoms with Crippen molar-refractivity contribution < 1.29 is 23.1 Å². The lowest BCUT2D eigenvalue weighted by Crippen LogP contribution is -2.29. The normalized spacial score (nSPS) is 15.6. The van der Waals surface area contributed by atoms with Crippen LogP contribution in [0, 0.1) is 5.92 Å². The van der Waals surface area contributed by atoms with E-state index >= 15 is 0 Å². The Kier molecular flexibility index (Phi) is 5.78. The molecule has 3 aromatic rings. The highest BCUT2D eigenvalue weighted by atomic mass is 32.2. The van der Waals surface area contributed by atoms with Crippen LogP contribution < -0.4 is 0 Å². The molecule has 10 heteroatoms. The second kappa shape index (κ2) is 8.67. The van der Waals surface area contributed by atoms with Crippen LogP contribution in [0.2, 0.25) is 0 Å². The number of sulfone groups is 1. The van der Waals surface area contributed by atoms with Crippen molar-refractivity contribution >= 4 is 27.7 Å². The van der Waals surface area contributed by atoms with Crippen molar-refractivity contribution in [2.75, 3.05) is 6.54 Å². The zero-order valence-corrected chi connectivity index (χ0v) is 17.5. The number of carbonyl (C=O) groups is 2. The number of carbonyl (C=O) groups excluding carboxylic acids is 2. The van der Waals surface area contributed by atoms with Crippen molar-refractivity contribution in [3.8, 4) is 5.75 Å². The van der Waals surface area contributed by atoms with Crippen LogP contribution in [0.4, 0.5) is 0 Å². The van der Waals surface area contributed by atoms with Crippen LogP contribution in [0.25, 0.3) is 0 Å². The molecule has 1 aromatic heterocycles. The average Bonchev–Trinajstić information content (AvgIpc) is 3.29. The second-order valence-electron chi connectivity index (χ2n) is 7.12. The van der Waals surface area contributed by atoms with Crippen molar-refractivity contribution in [3.63, 3.8) is 0 Å². The third-order valence-electron chi connectivity index (χ3n) is 4.88. The van der Waals surface area contributed by atoms with Gasteiger partial charge in [0.25, 0.3) is 5.91 Å². The topological polar surface area (TPSA) is 130 Å². The predicted octanol–water partition coefficient (Wildman–Crippen LogP) is 2.10. The number of amides is 1. The molecule has 1 unspecified atom stereocenters. The number of phenolic OH excluding ortho intramolecular Hbond substituents is 1. The summed E-state index contributed by atoms with van der Waals surface area (Å²) < 4.78 is 25.1. The minimum Gasteiger partial charge on any atom is -0.508 e. The maximum atomic E-state index is 12.8. The Labute approximate surface area is 184 Å². The van der Waals surface area contributed by atoms with E-state index in [1.54, 1.807) is 6.07 Å². The first-order chi connectivity index (χ1) is 15.3. The quantitative estimate of drug-likeness (QED) is 0.569. The first-order valence-corrected chi connectivity index (χ1v) is 11.3. The summed E-state index contributed by atoms with van der Waals surface area (Å²) in [5, 5.41) is 14.6. The first kappa shape index (κ1) is 21.3. The maximum absolute atomic E-state index is 12.8. The largest absolute Gasteiger partial charge is 0.508 e. The van der Waals surface area contributed by atoms with Gasteiger partial charge in [-0.2, -0.15) is 5.10 Å². The molecule has 1 atom stereocenters. The number of hydrazone groups is 1. The van der Waals surface area contributed by atoms with Crippen LogP contribution in [0.1, 0.15) is 26.5 Å². The van der Waals surface area contributed by atoms with Gasteiger partial charge < -0.3 is 5.11 Å². The molecule has 1 aliphatic rings. The molecule has 1 amide bonds. The van der Waals surface area contributed by atoms with Crippen LogP contribution in [0.5, 0.6) is 5.75 Å². The Morgan fingerprint density at radius 1 is 0.969 bits per heavy atom. The second-order valence-corrected chi connectivity index (χ2v) is 9.11. The number of phenols is 1. The van der Waals surface area contributed by atoms with Gasteiger partial charge in [0.05, 0.1) is 17.4 Å². The summed E-state index contributed by atoms with van der Waals surface area (Å²) in [4.78, 5) is 33.3. The molecule has 0 aliphatic carbocycles. The Hall–Kier alpha value is -3.92. The molecule has 0 saturated heterocycles. The van der Waals surface area contributed by atoms with Crippen LogP contribution in [0.3, 0.4) is 0 Å². The van der Waals surface area contributed by atoms with Gasteiger partial charge in [0.1, 0.15) is 17.3 Å². The van der Waals surface area contributed by atoms with Gasteiger partial charge in [0.15, 0.2) is 15.6 Å². The van der Waals surface area contributed by atoms with E-state index in [2.05, 4.69) is 15.1 Å². The van der Waals surface area contributed by atoms with Crippen LogP contribution in [-0.4, -0.2) is 53.0 Å². The zero-order valence-electron chi connectivity index (χ0n) is 16.7. The van der Waals surface area contributed by atoms with Gasteiger partial charge in [-0.3, -0.25) is 9.59 Å². The molecular formula is C22H18N4O5S. The molecule has 9 nitrogen and oxygen atoms in total. The highest BCUT2D eigenvalue weighted by Gasteiger charge is 2.29. The SMILES string of the molecule is O=C(c1ccc(S(=O)(=O)Cc2ncccn2)cc1)C1C=NN(C(=O)c2ccc(O)cc2)C1. The van der Waals surface area contributed by atoms with E-state index in [9.17, 15) is 23.1 Å². The smallest absolute Gasteiger partial charge is 0.273 e. The summed E-state index contributed by atoms with van der Waals surface area (Å²) in [5.74, 6) is -1.41. The summed E-state index contributed by atoms with van der Waals surface area (Å²) in [5.41, 5.74) is 0.653. The lowest BCUT2D eigenvalue weighted by atomic mass is 9.99. The summed E-state index contributed by atoms with van der Waals surface area (Å²) in [7, 11) is -3.66. The van der Waals surface area contributed by atoms with Crippen molar-refractivity contribution in [3.05, 3.63) is 83.9 Å². The minimum atomic E-state index is -3.66. The van der Waals surface area contributed by atoms with Crippen molar-refractivity contribution in [2.45, 2.75) is 10.6 Å². The molecule has 1 aliphatic heterocycles. The van der Waals surface area contributed by atoms with Crippen molar-refractivity contribution in [1.29, 1.82) is 0 Å². The number of aromatic hydroxyl groups is 1. The van der Waals surface area contributed by atoms with Gasteiger partial charge in [-0.1, -0.05) is 12.1 Å².